The molecule has 1 atom stereocenters. The fourth-order valence-electron chi connectivity index (χ4n) is 3.32. The number of carbonyl (C=O) groups excluding carboxylic acids is 2. The first-order chi connectivity index (χ1) is 16.9. The Morgan fingerprint density at radius 2 is 1.89 bits per heavy atom. The van der Waals surface area contributed by atoms with E-state index in [-0.39, 0.29) is 23.5 Å². The molecule has 35 heavy (non-hydrogen) atoms. The molecular weight excluding hydrogens is 502 g/mol. The molecule has 2 amide bonds. The minimum absolute atomic E-state index is 0.122. The van der Waals surface area contributed by atoms with E-state index in [1.807, 2.05) is 68.4 Å². The van der Waals surface area contributed by atoms with Gasteiger partial charge in [0.2, 0.25) is 11.8 Å². The Morgan fingerprint density at radius 1 is 1.09 bits per heavy atom. The normalized spacial score (nSPS) is 11.7. The molecule has 6 nitrogen and oxygen atoms in total. The van der Waals surface area contributed by atoms with Gasteiger partial charge in [-0.3, -0.25) is 9.59 Å². The van der Waals surface area contributed by atoms with Crippen molar-refractivity contribution < 1.29 is 14.3 Å². The molecule has 4 rings (SSSR count). The van der Waals surface area contributed by atoms with Crippen LogP contribution in [-0.2, 0) is 16.0 Å². The van der Waals surface area contributed by atoms with Gasteiger partial charge >= 0.3 is 0 Å². The van der Waals surface area contributed by atoms with E-state index in [0.29, 0.717) is 22.4 Å². The second-order valence-corrected chi connectivity index (χ2v) is 10.6. The van der Waals surface area contributed by atoms with Crippen molar-refractivity contribution in [3.63, 3.8) is 0 Å². The molecule has 1 aromatic heterocycles. The lowest BCUT2D eigenvalue weighted by molar-refractivity contribution is -0.116. The molecule has 180 valence electrons. The van der Waals surface area contributed by atoms with Crippen molar-refractivity contribution in [1.29, 1.82) is 0 Å². The number of amides is 2. The average molecular weight is 526 g/mol. The predicted molar refractivity (Wildman–Crippen MR) is 145 cm³/mol. The largest absolute Gasteiger partial charge is 0.494 e. The maximum atomic E-state index is 12.8. The summed E-state index contributed by atoms with van der Waals surface area (Å²) in [6.45, 7) is 4.37. The predicted octanol–water partition coefficient (Wildman–Crippen LogP) is 6.65. The molecule has 0 aliphatic carbocycles. The van der Waals surface area contributed by atoms with E-state index in [9.17, 15) is 9.59 Å². The molecule has 0 fully saturated rings. The van der Waals surface area contributed by atoms with E-state index in [1.54, 1.807) is 12.1 Å². The number of nitrogens with one attached hydrogen (secondary N) is 2. The van der Waals surface area contributed by atoms with Gasteiger partial charge in [0.15, 0.2) is 5.13 Å². The molecule has 0 aliphatic rings. The molecule has 2 N–H and O–H groups in total. The van der Waals surface area contributed by atoms with Crippen LogP contribution < -0.4 is 15.4 Å². The molecular formula is C26H24ClN3O3S2. The molecule has 0 saturated heterocycles. The van der Waals surface area contributed by atoms with Gasteiger partial charge in [0, 0.05) is 15.6 Å². The highest BCUT2D eigenvalue weighted by molar-refractivity contribution is 8.00. The summed E-state index contributed by atoms with van der Waals surface area (Å²) in [7, 11) is 0. The van der Waals surface area contributed by atoms with Crippen LogP contribution in [0.3, 0.4) is 0 Å². The number of halogens is 1. The van der Waals surface area contributed by atoms with Crippen molar-refractivity contribution in [2.75, 3.05) is 17.2 Å². The van der Waals surface area contributed by atoms with Gasteiger partial charge in [-0.05, 0) is 67.9 Å². The number of anilines is 2. The summed E-state index contributed by atoms with van der Waals surface area (Å²) >= 11 is 8.73. The Morgan fingerprint density at radius 3 is 2.66 bits per heavy atom. The topological polar surface area (TPSA) is 80.3 Å². The van der Waals surface area contributed by atoms with E-state index >= 15 is 0 Å². The van der Waals surface area contributed by atoms with E-state index in [4.69, 9.17) is 16.3 Å². The summed E-state index contributed by atoms with van der Waals surface area (Å²) in [6, 6.07) is 20.3. The summed E-state index contributed by atoms with van der Waals surface area (Å²) in [5.41, 5.74) is 2.38. The number of fused-ring (bicyclic) bond motifs is 1. The molecule has 4 aromatic rings. The van der Waals surface area contributed by atoms with Gasteiger partial charge in [0.25, 0.3) is 0 Å². The van der Waals surface area contributed by atoms with Crippen molar-refractivity contribution in [3.8, 4) is 5.75 Å². The Kier molecular flexibility index (Phi) is 8.28. The molecule has 3 aromatic carbocycles. The lowest BCUT2D eigenvalue weighted by atomic mass is 10.1. The van der Waals surface area contributed by atoms with Crippen molar-refractivity contribution in [2.24, 2.45) is 0 Å². The van der Waals surface area contributed by atoms with Crippen LogP contribution in [0.2, 0.25) is 5.02 Å². The van der Waals surface area contributed by atoms with Crippen LogP contribution in [0.4, 0.5) is 10.8 Å². The monoisotopic (exact) mass is 525 g/mol. The first-order valence-corrected chi connectivity index (χ1v) is 13.1. The number of thiazole rings is 1. The van der Waals surface area contributed by atoms with Crippen molar-refractivity contribution in [1.82, 2.24) is 4.98 Å². The van der Waals surface area contributed by atoms with Gasteiger partial charge in [-0.25, -0.2) is 4.98 Å². The quantitative estimate of drug-likeness (QED) is 0.239. The molecule has 0 saturated carbocycles. The number of carbonyl (C=O) groups is 2. The third-order valence-electron chi connectivity index (χ3n) is 4.98. The molecule has 1 heterocycles. The van der Waals surface area contributed by atoms with E-state index < -0.39 is 0 Å². The van der Waals surface area contributed by atoms with Crippen LogP contribution in [0.15, 0.2) is 71.6 Å². The zero-order valence-corrected chi connectivity index (χ0v) is 21.6. The SMILES string of the molecule is CCOc1ccc2nc(NC(=O)C(C)Sc3cccc(NC(=O)Cc4ccc(Cl)cc4)c3)sc2c1. The number of hydrogen-bond donors (Lipinski definition) is 2. The third kappa shape index (κ3) is 6.97. The molecule has 1 unspecified atom stereocenters. The standard InChI is InChI=1S/C26H24ClN3O3S2/c1-3-33-20-11-12-22-23(15-20)35-26(29-22)30-25(32)16(2)34-21-6-4-5-19(14-21)28-24(31)13-17-7-9-18(27)10-8-17/h4-12,14-16H,3,13H2,1-2H3,(H,28,31)(H,29,30,32). The lowest BCUT2D eigenvalue weighted by Crippen LogP contribution is -2.22. The second-order valence-electron chi connectivity index (χ2n) is 7.71. The lowest BCUT2D eigenvalue weighted by Gasteiger charge is -2.12. The van der Waals surface area contributed by atoms with E-state index in [2.05, 4.69) is 15.6 Å². The van der Waals surface area contributed by atoms with Gasteiger partial charge in [-0.15, -0.1) is 11.8 Å². The summed E-state index contributed by atoms with van der Waals surface area (Å²) in [6.07, 6.45) is 0.252. The number of aromatic nitrogens is 1. The fourth-order valence-corrected chi connectivity index (χ4v) is 5.27. The number of thioether (sulfide) groups is 1. The number of nitrogens with zero attached hydrogens (tertiary/aromatic N) is 1. The van der Waals surface area contributed by atoms with Crippen molar-refractivity contribution >= 4 is 67.5 Å². The number of hydrogen-bond acceptors (Lipinski definition) is 6. The van der Waals surface area contributed by atoms with Crippen LogP contribution in [0.1, 0.15) is 19.4 Å². The number of ether oxygens (including phenoxy) is 1. The molecule has 9 heteroatoms. The van der Waals surface area contributed by atoms with Crippen molar-refractivity contribution in [2.45, 2.75) is 30.4 Å². The summed E-state index contributed by atoms with van der Waals surface area (Å²) < 4.78 is 6.49. The van der Waals surface area contributed by atoms with Crippen LogP contribution in [0.25, 0.3) is 10.2 Å². The third-order valence-corrected chi connectivity index (χ3v) is 7.26. The molecule has 0 aliphatic heterocycles. The van der Waals surface area contributed by atoms with Gasteiger partial charge < -0.3 is 15.4 Å². The van der Waals surface area contributed by atoms with Crippen LogP contribution >= 0.6 is 34.7 Å². The van der Waals surface area contributed by atoms with Crippen LogP contribution in [0.5, 0.6) is 5.75 Å². The summed E-state index contributed by atoms with van der Waals surface area (Å²) in [4.78, 5) is 30.6. The molecule has 0 bridgehead atoms. The minimum Gasteiger partial charge on any atom is -0.494 e. The maximum Gasteiger partial charge on any atom is 0.239 e. The smallest absolute Gasteiger partial charge is 0.239 e. The molecule has 0 spiro atoms. The Labute approximate surface area is 217 Å². The first-order valence-electron chi connectivity index (χ1n) is 11.0. The maximum absolute atomic E-state index is 12.8. The van der Waals surface area contributed by atoms with Crippen molar-refractivity contribution in [3.05, 3.63) is 77.3 Å². The van der Waals surface area contributed by atoms with Gasteiger partial charge in [0.05, 0.1) is 28.5 Å². The zero-order valence-electron chi connectivity index (χ0n) is 19.2. The number of benzene rings is 3. The highest BCUT2D eigenvalue weighted by Gasteiger charge is 2.17. The van der Waals surface area contributed by atoms with Gasteiger partial charge in [0.1, 0.15) is 5.75 Å². The first kappa shape index (κ1) is 25.0. The van der Waals surface area contributed by atoms with E-state index in [1.165, 1.54) is 23.1 Å². The average Bonchev–Trinajstić information content (AvgIpc) is 3.22. The summed E-state index contributed by atoms with van der Waals surface area (Å²) in [5, 5.41) is 6.65. The molecule has 0 radical (unpaired) electrons. The highest BCUT2D eigenvalue weighted by atomic mass is 35.5. The van der Waals surface area contributed by atoms with Gasteiger partial charge in [-0.1, -0.05) is 41.1 Å². The van der Waals surface area contributed by atoms with Crippen LogP contribution in [-0.4, -0.2) is 28.7 Å². The minimum atomic E-state index is -0.360. The number of rotatable bonds is 9. The Bertz CT molecular complexity index is 1340. The second kappa shape index (κ2) is 11.6. The van der Waals surface area contributed by atoms with E-state index in [0.717, 1.165) is 26.4 Å². The Balaban J connectivity index is 1.34. The summed E-state index contributed by atoms with van der Waals surface area (Å²) in [5.74, 6) is 0.519. The highest BCUT2D eigenvalue weighted by Crippen LogP contribution is 2.31. The van der Waals surface area contributed by atoms with Crippen LogP contribution in [0, 0.1) is 0 Å². The Hall–Kier alpha value is -3.07. The fraction of sp³-hybridized carbons (Fsp3) is 0.192. The zero-order chi connectivity index (χ0) is 24.8. The van der Waals surface area contributed by atoms with Gasteiger partial charge in [-0.2, -0.15) is 0 Å².